The summed E-state index contributed by atoms with van der Waals surface area (Å²) in [5.41, 5.74) is 2.17. The number of halogens is 1. The highest BCUT2D eigenvalue weighted by atomic mass is 35.5. The average molecular weight is 281 g/mol. The predicted octanol–water partition coefficient (Wildman–Crippen LogP) is 2.90. The summed E-state index contributed by atoms with van der Waals surface area (Å²) >= 11 is 5.84. The monoisotopic (exact) mass is 280 g/mol. The summed E-state index contributed by atoms with van der Waals surface area (Å²) in [6, 6.07) is 4.81. The molecule has 19 heavy (non-hydrogen) atoms. The summed E-state index contributed by atoms with van der Waals surface area (Å²) in [7, 11) is 1.83. The molecular weight excluding hydrogens is 268 g/mol. The molecule has 0 saturated carbocycles. The third kappa shape index (κ3) is 2.85. The molecule has 0 aliphatic carbocycles. The molecule has 100 valence electrons. The largest absolute Gasteiger partial charge is 0.375 e. The normalized spacial score (nSPS) is 10.5. The van der Waals surface area contributed by atoms with Crippen LogP contribution in [0, 0.1) is 17.0 Å². The number of aryl methyl sites for hydroxylation is 2. The number of aromatic nitrogens is 2. The van der Waals surface area contributed by atoms with Crippen molar-refractivity contribution in [3.05, 3.63) is 50.8 Å². The first-order valence-electron chi connectivity index (χ1n) is 5.65. The number of rotatable bonds is 4. The molecule has 2 rings (SSSR count). The molecule has 0 amide bonds. The summed E-state index contributed by atoms with van der Waals surface area (Å²) < 4.78 is 1.71. The zero-order chi connectivity index (χ0) is 14.0. The van der Waals surface area contributed by atoms with E-state index in [4.69, 9.17) is 11.6 Å². The van der Waals surface area contributed by atoms with Crippen LogP contribution in [0.1, 0.15) is 11.3 Å². The maximum Gasteiger partial charge on any atom is 0.310 e. The van der Waals surface area contributed by atoms with Gasteiger partial charge in [-0.2, -0.15) is 5.10 Å². The third-order valence-corrected chi connectivity index (χ3v) is 3.06. The lowest BCUT2D eigenvalue weighted by molar-refractivity contribution is -0.383. The number of anilines is 1. The topological polar surface area (TPSA) is 73.0 Å². The molecule has 0 bridgehead atoms. The highest BCUT2D eigenvalue weighted by Crippen LogP contribution is 2.32. The quantitative estimate of drug-likeness (QED) is 0.690. The highest BCUT2D eigenvalue weighted by Gasteiger charge is 2.18. The zero-order valence-corrected chi connectivity index (χ0v) is 11.3. The van der Waals surface area contributed by atoms with Crippen molar-refractivity contribution < 1.29 is 4.92 Å². The van der Waals surface area contributed by atoms with Crippen LogP contribution in [0.2, 0.25) is 5.02 Å². The number of hydrogen-bond donors (Lipinski definition) is 1. The first-order chi connectivity index (χ1) is 8.99. The van der Waals surface area contributed by atoms with E-state index in [1.54, 1.807) is 16.8 Å². The van der Waals surface area contributed by atoms with E-state index in [0.29, 0.717) is 12.2 Å². The zero-order valence-electron chi connectivity index (χ0n) is 10.6. The van der Waals surface area contributed by atoms with E-state index in [-0.39, 0.29) is 10.7 Å². The predicted molar refractivity (Wildman–Crippen MR) is 73.4 cm³/mol. The van der Waals surface area contributed by atoms with Gasteiger partial charge in [-0.25, -0.2) is 0 Å². The Labute approximate surface area is 115 Å². The summed E-state index contributed by atoms with van der Waals surface area (Å²) in [5, 5.41) is 18.4. The third-order valence-electron chi connectivity index (χ3n) is 2.75. The van der Waals surface area contributed by atoms with Gasteiger partial charge in [0, 0.05) is 25.4 Å². The molecule has 7 heteroatoms. The number of benzene rings is 1. The fourth-order valence-corrected chi connectivity index (χ4v) is 2.10. The van der Waals surface area contributed by atoms with E-state index in [1.165, 1.54) is 6.07 Å². The van der Waals surface area contributed by atoms with E-state index in [2.05, 4.69) is 10.4 Å². The first kappa shape index (κ1) is 13.4. The summed E-state index contributed by atoms with van der Waals surface area (Å²) in [5.74, 6) is 0. The fourth-order valence-electron chi connectivity index (χ4n) is 1.86. The van der Waals surface area contributed by atoms with Crippen LogP contribution in [0.4, 0.5) is 11.4 Å². The van der Waals surface area contributed by atoms with Gasteiger partial charge in [-0.3, -0.25) is 14.8 Å². The van der Waals surface area contributed by atoms with E-state index in [0.717, 1.165) is 11.3 Å². The number of nitro benzene ring substituents is 1. The SMILES string of the molecule is Cc1nn(C)cc1CNc1cccc(Cl)c1[N+](=O)[O-]. The molecule has 0 spiro atoms. The van der Waals surface area contributed by atoms with Gasteiger partial charge in [0.1, 0.15) is 10.7 Å². The molecule has 1 aromatic carbocycles. The smallest absolute Gasteiger partial charge is 0.310 e. The van der Waals surface area contributed by atoms with Gasteiger partial charge in [-0.1, -0.05) is 17.7 Å². The highest BCUT2D eigenvalue weighted by molar-refractivity contribution is 6.33. The van der Waals surface area contributed by atoms with E-state index in [1.807, 2.05) is 20.2 Å². The van der Waals surface area contributed by atoms with Gasteiger partial charge in [0.05, 0.1) is 10.6 Å². The van der Waals surface area contributed by atoms with Crippen LogP contribution < -0.4 is 5.32 Å². The Morgan fingerprint density at radius 3 is 2.84 bits per heavy atom. The van der Waals surface area contributed by atoms with Crippen LogP contribution in [0.15, 0.2) is 24.4 Å². The van der Waals surface area contributed by atoms with Crippen LogP contribution in [0.3, 0.4) is 0 Å². The van der Waals surface area contributed by atoms with E-state index >= 15 is 0 Å². The molecule has 6 nitrogen and oxygen atoms in total. The van der Waals surface area contributed by atoms with Gasteiger partial charge >= 0.3 is 5.69 Å². The van der Waals surface area contributed by atoms with Crippen LogP contribution >= 0.6 is 11.6 Å². The van der Waals surface area contributed by atoms with Crippen LogP contribution in [0.5, 0.6) is 0 Å². The minimum atomic E-state index is -0.485. The molecule has 0 radical (unpaired) electrons. The Kier molecular flexibility index (Phi) is 3.71. The van der Waals surface area contributed by atoms with Gasteiger partial charge in [-0.05, 0) is 19.1 Å². The maximum absolute atomic E-state index is 11.0. The second kappa shape index (κ2) is 5.27. The van der Waals surface area contributed by atoms with Gasteiger partial charge in [0.25, 0.3) is 0 Å². The lowest BCUT2D eigenvalue weighted by Crippen LogP contribution is -2.03. The Hall–Kier alpha value is -2.08. The van der Waals surface area contributed by atoms with Crippen LogP contribution in [-0.2, 0) is 13.6 Å². The van der Waals surface area contributed by atoms with Crippen molar-refractivity contribution in [1.29, 1.82) is 0 Å². The van der Waals surface area contributed by atoms with Crippen LogP contribution in [-0.4, -0.2) is 14.7 Å². The average Bonchev–Trinajstić information content (AvgIpc) is 2.64. The van der Waals surface area contributed by atoms with E-state index < -0.39 is 4.92 Å². The summed E-state index contributed by atoms with van der Waals surface area (Å²) in [6.45, 7) is 2.35. The molecule has 2 aromatic rings. The standard InChI is InChI=1S/C12H13ClN4O2/c1-8-9(7-16(2)15-8)6-14-11-5-3-4-10(13)12(11)17(18)19/h3-5,7,14H,6H2,1-2H3. The van der Waals surface area contributed by atoms with Crippen molar-refractivity contribution in [2.24, 2.45) is 7.05 Å². The molecule has 0 fully saturated rings. The number of para-hydroxylation sites is 1. The number of nitrogens with one attached hydrogen (secondary N) is 1. The van der Waals surface area contributed by atoms with E-state index in [9.17, 15) is 10.1 Å². The van der Waals surface area contributed by atoms with Crippen molar-refractivity contribution in [2.75, 3.05) is 5.32 Å². The van der Waals surface area contributed by atoms with Crippen molar-refractivity contribution in [2.45, 2.75) is 13.5 Å². The Morgan fingerprint density at radius 1 is 1.53 bits per heavy atom. The van der Waals surface area contributed by atoms with Gasteiger partial charge in [0.15, 0.2) is 0 Å². The maximum atomic E-state index is 11.0. The molecule has 0 unspecified atom stereocenters. The second-order valence-corrected chi connectivity index (χ2v) is 4.57. The lowest BCUT2D eigenvalue weighted by Gasteiger charge is -2.07. The number of nitrogens with zero attached hydrogens (tertiary/aromatic N) is 3. The number of hydrogen-bond acceptors (Lipinski definition) is 4. The molecule has 1 heterocycles. The first-order valence-corrected chi connectivity index (χ1v) is 6.02. The van der Waals surface area contributed by atoms with Gasteiger partial charge in [-0.15, -0.1) is 0 Å². The molecule has 1 N–H and O–H groups in total. The van der Waals surface area contributed by atoms with Gasteiger partial charge < -0.3 is 5.32 Å². The summed E-state index contributed by atoms with van der Waals surface area (Å²) in [6.07, 6.45) is 1.87. The van der Waals surface area contributed by atoms with Crippen molar-refractivity contribution in [3.8, 4) is 0 Å². The molecule has 0 atom stereocenters. The minimum absolute atomic E-state index is 0.106. The Bertz CT molecular complexity index is 624. The molecule has 1 aromatic heterocycles. The lowest BCUT2D eigenvalue weighted by atomic mass is 10.2. The minimum Gasteiger partial charge on any atom is -0.375 e. The number of nitro groups is 1. The van der Waals surface area contributed by atoms with Crippen molar-refractivity contribution in [3.63, 3.8) is 0 Å². The Morgan fingerprint density at radius 2 is 2.26 bits per heavy atom. The van der Waals surface area contributed by atoms with Crippen LogP contribution in [0.25, 0.3) is 0 Å². The second-order valence-electron chi connectivity index (χ2n) is 4.16. The van der Waals surface area contributed by atoms with Crippen molar-refractivity contribution in [1.82, 2.24) is 9.78 Å². The molecular formula is C12H13ClN4O2. The molecule has 0 saturated heterocycles. The molecule has 0 aliphatic heterocycles. The fraction of sp³-hybridized carbons (Fsp3) is 0.250. The van der Waals surface area contributed by atoms with Crippen molar-refractivity contribution >= 4 is 23.0 Å². The Balaban J connectivity index is 2.22. The summed E-state index contributed by atoms with van der Waals surface area (Å²) in [4.78, 5) is 10.5. The van der Waals surface area contributed by atoms with Gasteiger partial charge in [0.2, 0.25) is 0 Å². The molecule has 0 aliphatic rings.